The quantitative estimate of drug-likeness (QED) is 0.639. The molecule has 8 nitrogen and oxygen atoms in total. The van der Waals surface area contributed by atoms with Gasteiger partial charge in [-0.3, -0.25) is 14.4 Å². The normalized spacial score (nSPS) is 17.7. The molecule has 2 rings (SSSR count). The third-order valence-corrected chi connectivity index (χ3v) is 4.01. The highest BCUT2D eigenvalue weighted by Crippen LogP contribution is 2.25. The van der Waals surface area contributed by atoms with Gasteiger partial charge in [0.25, 0.3) is 0 Å². The minimum absolute atomic E-state index is 0.0117. The zero-order valence-corrected chi connectivity index (χ0v) is 14.2. The zero-order valence-electron chi connectivity index (χ0n) is 14.2. The fourth-order valence-electron chi connectivity index (χ4n) is 2.59. The summed E-state index contributed by atoms with van der Waals surface area (Å²) in [6.45, 7) is 1.50. The van der Waals surface area contributed by atoms with Gasteiger partial charge in [0.05, 0.1) is 5.92 Å². The molecule has 1 aromatic carbocycles. The molecule has 3 amide bonds. The molecule has 0 spiro atoms. The predicted molar refractivity (Wildman–Crippen MR) is 87.1 cm³/mol. The number of carbonyl (C=O) groups is 4. The molecule has 2 atom stereocenters. The Morgan fingerprint density at radius 3 is 2.58 bits per heavy atom. The summed E-state index contributed by atoms with van der Waals surface area (Å²) in [4.78, 5) is 47.9. The van der Waals surface area contributed by atoms with E-state index >= 15 is 0 Å². The molecule has 1 aliphatic rings. The van der Waals surface area contributed by atoms with Crippen LogP contribution in [0.4, 0.5) is 10.1 Å². The lowest BCUT2D eigenvalue weighted by Gasteiger charge is -2.18. The maximum Gasteiger partial charge on any atom is 0.242 e. The minimum atomic E-state index is -1.28. The first kappa shape index (κ1) is 19.4. The van der Waals surface area contributed by atoms with Gasteiger partial charge in [-0.15, -0.1) is 0 Å². The Morgan fingerprint density at radius 1 is 1.31 bits per heavy atom. The van der Waals surface area contributed by atoms with Crippen molar-refractivity contribution in [3.63, 3.8) is 0 Å². The number of hydrogen-bond donors (Lipinski definition) is 2. The monoisotopic (exact) mass is 364 g/mol. The number of amides is 3. The fourth-order valence-corrected chi connectivity index (χ4v) is 2.59. The number of halogens is 1. The Hall–Kier alpha value is -2.97. The molecule has 1 aromatic rings. The number of aliphatic carboxylic acids is 1. The van der Waals surface area contributed by atoms with Crippen molar-refractivity contribution in [3.05, 3.63) is 30.1 Å². The molecule has 0 aromatic heterocycles. The van der Waals surface area contributed by atoms with Crippen molar-refractivity contribution in [1.29, 1.82) is 0 Å². The minimum Gasteiger partial charge on any atom is -0.550 e. The molecule has 140 valence electrons. The van der Waals surface area contributed by atoms with E-state index in [1.54, 1.807) is 0 Å². The number of nitrogens with one attached hydrogen (secondary N) is 2. The Bertz CT molecular complexity index is 707. The van der Waals surface area contributed by atoms with Crippen molar-refractivity contribution in [2.24, 2.45) is 5.92 Å². The van der Waals surface area contributed by atoms with E-state index in [1.165, 1.54) is 36.1 Å². The summed E-state index contributed by atoms with van der Waals surface area (Å²) >= 11 is 0. The van der Waals surface area contributed by atoms with E-state index in [4.69, 9.17) is 0 Å². The van der Waals surface area contributed by atoms with Gasteiger partial charge in [-0.05, 0) is 31.2 Å². The summed E-state index contributed by atoms with van der Waals surface area (Å²) in [7, 11) is 0. The molecule has 0 aliphatic carbocycles. The lowest BCUT2D eigenvalue weighted by molar-refractivity contribution is -0.305. The zero-order chi connectivity index (χ0) is 19.3. The van der Waals surface area contributed by atoms with Crippen LogP contribution >= 0.6 is 0 Å². The van der Waals surface area contributed by atoms with Crippen LogP contribution in [0.15, 0.2) is 24.3 Å². The number of rotatable bonds is 7. The summed E-state index contributed by atoms with van der Waals surface area (Å²) in [6, 6.07) is 4.51. The molecule has 1 aliphatic heterocycles. The Labute approximate surface area is 149 Å². The van der Waals surface area contributed by atoms with Crippen LogP contribution in [0.1, 0.15) is 19.8 Å². The molecule has 0 bridgehead atoms. The van der Waals surface area contributed by atoms with Crippen molar-refractivity contribution >= 4 is 29.4 Å². The number of anilines is 1. The van der Waals surface area contributed by atoms with Crippen molar-refractivity contribution in [3.8, 4) is 0 Å². The SMILES string of the molecule is C[C@H](NC(=O)[C@@H]1CC(=O)N(c2ccc(F)cc2)C1)C(=O)NCCC(=O)[O-]. The van der Waals surface area contributed by atoms with E-state index in [0.29, 0.717) is 5.69 Å². The van der Waals surface area contributed by atoms with Crippen molar-refractivity contribution in [2.45, 2.75) is 25.8 Å². The predicted octanol–water partition coefficient (Wildman–Crippen LogP) is -1.06. The second kappa shape index (κ2) is 8.41. The molecule has 2 N–H and O–H groups in total. The largest absolute Gasteiger partial charge is 0.550 e. The third-order valence-electron chi connectivity index (χ3n) is 4.01. The number of hydrogen-bond acceptors (Lipinski definition) is 5. The van der Waals surface area contributed by atoms with Crippen LogP contribution < -0.4 is 20.6 Å². The van der Waals surface area contributed by atoms with Gasteiger partial charge in [0, 0.05) is 37.6 Å². The Balaban J connectivity index is 1.88. The van der Waals surface area contributed by atoms with E-state index in [9.17, 15) is 28.7 Å². The van der Waals surface area contributed by atoms with Gasteiger partial charge in [0.15, 0.2) is 0 Å². The van der Waals surface area contributed by atoms with Gasteiger partial charge in [-0.1, -0.05) is 0 Å². The number of carboxylic acid groups (broad SMARTS) is 1. The second-order valence-electron chi connectivity index (χ2n) is 6.03. The third kappa shape index (κ3) is 5.01. The molecule has 0 saturated carbocycles. The van der Waals surface area contributed by atoms with E-state index < -0.39 is 35.6 Å². The van der Waals surface area contributed by atoms with Crippen LogP contribution in [0.25, 0.3) is 0 Å². The van der Waals surface area contributed by atoms with Gasteiger partial charge >= 0.3 is 0 Å². The molecule has 1 heterocycles. The summed E-state index contributed by atoms with van der Waals surface area (Å²) in [6.07, 6.45) is -0.335. The van der Waals surface area contributed by atoms with Crippen LogP contribution in [0.2, 0.25) is 0 Å². The van der Waals surface area contributed by atoms with Crippen LogP contribution in [0, 0.1) is 11.7 Å². The molecule has 0 unspecified atom stereocenters. The van der Waals surface area contributed by atoms with Crippen molar-refractivity contribution in [2.75, 3.05) is 18.0 Å². The molecular formula is C17H19FN3O5-. The first-order valence-corrected chi connectivity index (χ1v) is 8.11. The van der Waals surface area contributed by atoms with Gasteiger partial charge in [-0.25, -0.2) is 4.39 Å². The van der Waals surface area contributed by atoms with Crippen LogP contribution in [0.3, 0.4) is 0 Å². The standard InChI is InChI=1S/C17H20FN3O5/c1-10(16(25)19-7-6-15(23)24)20-17(26)11-8-14(22)21(9-11)13-4-2-12(18)3-5-13/h2-5,10-11H,6-9H2,1H3,(H,19,25)(H,20,26)(H,23,24)/p-1/t10-,11+/m0/s1. The van der Waals surface area contributed by atoms with Crippen molar-refractivity contribution < 1.29 is 28.7 Å². The van der Waals surface area contributed by atoms with Gasteiger partial charge in [0.1, 0.15) is 11.9 Å². The number of nitrogens with zero attached hydrogens (tertiary/aromatic N) is 1. The molecule has 9 heteroatoms. The van der Waals surface area contributed by atoms with E-state index in [1.807, 2.05) is 0 Å². The lowest BCUT2D eigenvalue weighted by Crippen LogP contribution is -2.47. The van der Waals surface area contributed by atoms with Crippen LogP contribution in [0.5, 0.6) is 0 Å². The lowest BCUT2D eigenvalue weighted by atomic mass is 10.1. The summed E-state index contributed by atoms with van der Waals surface area (Å²) < 4.78 is 13.0. The van der Waals surface area contributed by atoms with Crippen LogP contribution in [-0.4, -0.2) is 42.8 Å². The molecule has 26 heavy (non-hydrogen) atoms. The number of benzene rings is 1. The van der Waals surface area contributed by atoms with E-state index in [0.717, 1.165) is 0 Å². The summed E-state index contributed by atoms with van der Waals surface area (Å²) in [5.41, 5.74) is 0.500. The summed E-state index contributed by atoms with van der Waals surface area (Å²) in [5.74, 6) is -3.58. The highest BCUT2D eigenvalue weighted by molar-refractivity contribution is 6.01. The molecule has 1 saturated heterocycles. The van der Waals surface area contributed by atoms with Crippen LogP contribution in [-0.2, 0) is 19.2 Å². The average Bonchev–Trinajstić information content (AvgIpc) is 2.97. The average molecular weight is 364 g/mol. The first-order chi connectivity index (χ1) is 12.3. The van der Waals surface area contributed by atoms with E-state index in [2.05, 4.69) is 10.6 Å². The van der Waals surface area contributed by atoms with Gasteiger partial charge in [-0.2, -0.15) is 0 Å². The number of carboxylic acids is 1. The molecule has 1 fully saturated rings. The van der Waals surface area contributed by atoms with Crippen molar-refractivity contribution in [1.82, 2.24) is 10.6 Å². The maximum absolute atomic E-state index is 13.0. The highest BCUT2D eigenvalue weighted by Gasteiger charge is 2.36. The number of carbonyl (C=O) groups excluding carboxylic acids is 4. The molecular weight excluding hydrogens is 345 g/mol. The molecule has 0 radical (unpaired) electrons. The smallest absolute Gasteiger partial charge is 0.242 e. The Morgan fingerprint density at radius 2 is 1.96 bits per heavy atom. The van der Waals surface area contributed by atoms with Gasteiger partial charge in [0.2, 0.25) is 17.7 Å². The maximum atomic E-state index is 13.0. The Kier molecular flexibility index (Phi) is 6.26. The fraction of sp³-hybridized carbons (Fsp3) is 0.412. The highest BCUT2D eigenvalue weighted by atomic mass is 19.1. The van der Waals surface area contributed by atoms with Gasteiger partial charge < -0.3 is 25.4 Å². The first-order valence-electron chi connectivity index (χ1n) is 8.11. The summed E-state index contributed by atoms with van der Waals surface area (Å²) in [5, 5.41) is 15.2. The second-order valence-corrected chi connectivity index (χ2v) is 6.03. The topological polar surface area (TPSA) is 119 Å². The van der Waals surface area contributed by atoms with E-state index in [-0.39, 0.29) is 31.8 Å².